The van der Waals surface area contributed by atoms with Crippen LogP contribution in [0.15, 0.2) is 58.1 Å². The van der Waals surface area contributed by atoms with Crippen LogP contribution in [-0.2, 0) is 4.74 Å². The van der Waals surface area contributed by atoms with Gasteiger partial charge in [-0.15, -0.1) is 0 Å². The highest BCUT2D eigenvalue weighted by Gasteiger charge is 2.14. The fourth-order valence-corrected chi connectivity index (χ4v) is 2.09. The van der Waals surface area contributed by atoms with E-state index in [4.69, 9.17) is 9.73 Å². The zero-order valence-electron chi connectivity index (χ0n) is 12.3. The first-order valence-corrected chi connectivity index (χ1v) is 6.82. The smallest absolute Gasteiger partial charge is 0.0892 e. The van der Waals surface area contributed by atoms with Gasteiger partial charge in [-0.25, -0.2) is 4.99 Å². The minimum absolute atomic E-state index is 0.570. The zero-order chi connectivity index (χ0) is 14.4. The molecule has 0 N–H and O–H groups in total. The maximum Gasteiger partial charge on any atom is 0.0892 e. The second-order valence-electron chi connectivity index (χ2n) is 4.60. The molecule has 0 atom stereocenters. The van der Waals surface area contributed by atoms with E-state index < -0.39 is 0 Å². The molecule has 0 saturated heterocycles. The molecule has 0 bridgehead atoms. The molecule has 0 amide bonds. The Morgan fingerprint density at radius 2 is 2.10 bits per heavy atom. The van der Waals surface area contributed by atoms with Crippen molar-refractivity contribution in [1.82, 2.24) is 0 Å². The van der Waals surface area contributed by atoms with Gasteiger partial charge in [-0.05, 0) is 37.6 Å². The Morgan fingerprint density at radius 3 is 2.80 bits per heavy atom. The second-order valence-corrected chi connectivity index (χ2v) is 4.60. The molecule has 0 aromatic heterocycles. The Hall–Kier alpha value is -2.00. The number of aryl methyl sites for hydroxylation is 1. The lowest BCUT2D eigenvalue weighted by atomic mass is 10.0. The van der Waals surface area contributed by atoms with Crippen LogP contribution in [0.4, 0.5) is 5.69 Å². The highest BCUT2D eigenvalue weighted by Crippen LogP contribution is 2.17. The average Bonchev–Trinajstić information content (AvgIpc) is 2.45. The van der Waals surface area contributed by atoms with E-state index in [0.717, 1.165) is 22.7 Å². The molecule has 1 aromatic rings. The van der Waals surface area contributed by atoms with E-state index in [9.17, 15) is 0 Å². The largest absolute Gasteiger partial charge is 0.377 e. The molecule has 2 rings (SSSR count). The van der Waals surface area contributed by atoms with Crippen LogP contribution in [0, 0.1) is 6.92 Å². The van der Waals surface area contributed by atoms with E-state index in [0.29, 0.717) is 13.2 Å². The van der Waals surface area contributed by atoms with Gasteiger partial charge in [0.15, 0.2) is 0 Å². The summed E-state index contributed by atoms with van der Waals surface area (Å²) >= 11 is 0. The molecule has 1 aromatic carbocycles. The van der Waals surface area contributed by atoms with Gasteiger partial charge < -0.3 is 4.74 Å². The molecule has 20 heavy (non-hydrogen) atoms. The number of allylic oxidation sites excluding steroid dienone is 3. The standard InChI is InChI=1S/C17H20N2O/c1-4-20-12-14-8-6-10-16(17(14)18-3)19-15-9-5-7-13(2)11-15/h5-11H,4,12H2,1-3H3. The quantitative estimate of drug-likeness (QED) is 0.767. The summed E-state index contributed by atoms with van der Waals surface area (Å²) in [7, 11) is 1.79. The van der Waals surface area contributed by atoms with E-state index in [2.05, 4.69) is 24.0 Å². The molecule has 3 nitrogen and oxygen atoms in total. The van der Waals surface area contributed by atoms with Gasteiger partial charge in [0.2, 0.25) is 0 Å². The topological polar surface area (TPSA) is 34.0 Å². The van der Waals surface area contributed by atoms with Crippen molar-refractivity contribution in [3.05, 3.63) is 53.6 Å². The van der Waals surface area contributed by atoms with Crippen molar-refractivity contribution in [2.45, 2.75) is 13.8 Å². The number of ether oxygens (including phenoxy) is 1. The lowest BCUT2D eigenvalue weighted by molar-refractivity contribution is 0.174. The molecule has 0 unspecified atom stereocenters. The third-order valence-corrected chi connectivity index (χ3v) is 3.03. The maximum absolute atomic E-state index is 5.48. The van der Waals surface area contributed by atoms with E-state index in [1.165, 1.54) is 5.56 Å². The predicted octanol–water partition coefficient (Wildman–Crippen LogP) is 3.67. The average molecular weight is 268 g/mol. The van der Waals surface area contributed by atoms with Crippen molar-refractivity contribution in [3.63, 3.8) is 0 Å². The van der Waals surface area contributed by atoms with Crippen molar-refractivity contribution in [3.8, 4) is 0 Å². The van der Waals surface area contributed by atoms with Crippen LogP contribution < -0.4 is 0 Å². The molecule has 0 heterocycles. The highest BCUT2D eigenvalue weighted by molar-refractivity contribution is 6.53. The van der Waals surface area contributed by atoms with Gasteiger partial charge in [-0.3, -0.25) is 4.99 Å². The first-order valence-electron chi connectivity index (χ1n) is 6.82. The molecular formula is C17H20N2O. The van der Waals surface area contributed by atoms with Crippen LogP contribution in [0.25, 0.3) is 0 Å². The Kier molecular flexibility index (Phi) is 5.02. The molecule has 0 radical (unpaired) electrons. The van der Waals surface area contributed by atoms with E-state index in [-0.39, 0.29) is 0 Å². The Morgan fingerprint density at radius 1 is 1.25 bits per heavy atom. The molecule has 3 heteroatoms. The minimum Gasteiger partial charge on any atom is -0.377 e. The summed E-state index contributed by atoms with van der Waals surface area (Å²) in [5.74, 6) is 0. The fraction of sp³-hybridized carbons (Fsp3) is 0.294. The maximum atomic E-state index is 5.48. The van der Waals surface area contributed by atoms with Crippen molar-refractivity contribution in [2.24, 2.45) is 9.98 Å². The third kappa shape index (κ3) is 3.52. The van der Waals surface area contributed by atoms with Gasteiger partial charge in [-0.2, -0.15) is 0 Å². The van der Waals surface area contributed by atoms with Crippen LogP contribution in [0.1, 0.15) is 12.5 Å². The third-order valence-electron chi connectivity index (χ3n) is 3.03. The second kappa shape index (κ2) is 6.96. The molecule has 0 fully saturated rings. The number of benzene rings is 1. The van der Waals surface area contributed by atoms with Crippen LogP contribution >= 0.6 is 0 Å². The summed E-state index contributed by atoms with van der Waals surface area (Å²) in [5.41, 5.74) is 5.01. The molecular weight excluding hydrogens is 248 g/mol. The van der Waals surface area contributed by atoms with Crippen molar-refractivity contribution >= 4 is 17.1 Å². The molecule has 0 spiro atoms. The molecule has 0 saturated carbocycles. The number of hydrogen-bond donors (Lipinski definition) is 0. The van der Waals surface area contributed by atoms with Crippen LogP contribution in [0.2, 0.25) is 0 Å². The van der Waals surface area contributed by atoms with Crippen LogP contribution in [0.3, 0.4) is 0 Å². The van der Waals surface area contributed by atoms with Crippen LogP contribution in [0.5, 0.6) is 0 Å². The zero-order valence-corrected chi connectivity index (χ0v) is 12.3. The molecule has 0 aliphatic heterocycles. The van der Waals surface area contributed by atoms with Gasteiger partial charge in [0.05, 0.1) is 23.7 Å². The van der Waals surface area contributed by atoms with Gasteiger partial charge >= 0.3 is 0 Å². The summed E-state index contributed by atoms with van der Waals surface area (Å²) in [6.45, 7) is 5.32. The Balaban J connectivity index is 2.29. The summed E-state index contributed by atoms with van der Waals surface area (Å²) in [6, 6.07) is 8.15. The van der Waals surface area contributed by atoms with E-state index in [1.807, 2.05) is 37.3 Å². The first-order chi connectivity index (χ1) is 9.74. The summed E-state index contributed by atoms with van der Waals surface area (Å²) in [4.78, 5) is 9.06. The fourth-order valence-electron chi connectivity index (χ4n) is 2.09. The van der Waals surface area contributed by atoms with Crippen molar-refractivity contribution in [2.75, 3.05) is 20.3 Å². The summed E-state index contributed by atoms with van der Waals surface area (Å²) < 4.78 is 5.48. The Labute approximate surface area is 120 Å². The summed E-state index contributed by atoms with van der Waals surface area (Å²) in [6.07, 6.45) is 6.02. The van der Waals surface area contributed by atoms with Gasteiger partial charge in [0, 0.05) is 19.2 Å². The van der Waals surface area contributed by atoms with Gasteiger partial charge in [0.25, 0.3) is 0 Å². The van der Waals surface area contributed by atoms with Gasteiger partial charge in [-0.1, -0.05) is 24.3 Å². The van der Waals surface area contributed by atoms with Crippen LogP contribution in [-0.4, -0.2) is 31.7 Å². The van der Waals surface area contributed by atoms with E-state index >= 15 is 0 Å². The number of aliphatic imine (C=N–C) groups is 2. The first kappa shape index (κ1) is 14.4. The molecule has 104 valence electrons. The predicted molar refractivity (Wildman–Crippen MR) is 85.3 cm³/mol. The van der Waals surface area contributed by atoms with E-state index in [1.54, 1.807) is 7.05 Å². The van der Waals surface area contributed by atoms with Gasteiger partial charge in [0.1, 0.15) is 0 Å². The number of nitrogens with zero attached hydrogens (tertiary/aromatic N) is 2. The lowest BCUT2D eigenvalue weighted by Crippen LogP contribution is -2.20. The number of rotatable bonds is 4. The monoisotopic (exact) mass is 268 g/mol. The lowest BCUT2D eigenvalue weighted by Gasteiger charge is -2.14. The SMILES string of the molecule is CCOCC1=CC=CC(=Nc2cccc(C)c2)C1=NC. The number of hydrogen-bond acceptors (Lipinski definition) is 3. The van der Waals surface area contributed by atoms with Crippen molar-refractivity contribution in [1.29, 1.82) is 0 Å². The summed E-state index contributed by atoms with van der Waals surface area (Å²) in [5, 5.41) is 0. The minimum atomic E-state index is 0.570. The Bertz CT molecular complexity index is 595. The molecule has 1 aliphatic rings. The van der Waals surface area contributed by atoms with Crippen molar-refractivity contribution < 1.29 is 4.74 Å². The molecule has 1 aliphatic carbocycles. The highest BCUT2D eigenvalue weighted by atomic mass is 16.5. The normalized spacial score (nSPS) is 18.6.